The molecule has 0 amide bonds. The van der Waals surface area contributed by atoms with Gasteiger partial charge in [-0.05, 0) is 24.6 Å². The molecule has 0 aliphatic carbocycles. The van der Waals surface area contributed by atoms with Crippen molar-refractivity contribution in [3.63, 3.8) is 0 Å². The first-order valence-electron chi connectivity index (χ1n) is 4.02. The fourth-order valence-electron chi connectivity index (χ4n) is 0.938. The third kappa shape index (κ3) is 2.85. The molecule has 1 aromatic heterocycles. The molecule has 0 spiro atoms. The summed E-state index contributed by atoms with van der Waals surface area (Å²) in [5.74, 6) is -2.88. The zero-order valence-corrected chi connectivity index (χ0v) is 10.0. The minimum Gasteiger partial charge on any atom is -0.241 e. The standard InChI is InChI=1S/C9H13F2NS2/c1-9(10,11)7-5-4-6-8(12-7)14(2,3)13/h4-6,13H,1-3H3. The Morgan fingerprint density at radius 2 is 1.93 bits per heavy atom. The van der Waals surface area contributed by atoms with Crippen LogP contribution in [0.2, 0.25) is 0 Å². The van der Waals surface area contributed by atoms with E-state index in [4.69, 9.17) is 0 Å². The molecule has 0 fully saturated rings. The summed E-state index contributed by atoms with van der Waals surface area (Å²) in [5.41, 5.74) is -0.190. The van der Waals surface area contributed by atoms with Crippen LogP contribution in [0.3, 0.4) is 0 Å². The lowest BCUT2D eigenvalue weighted by atomic mass is 10.2. The molecular formula is C9H13F2NS2. The van der Waals surface area contributed by atoms with Gasteiger partial charge in [-0.25, -0.2) is 4.98 Å². The predicted molar refractivity (Wildman–Crippen MR) is 60.5 cm³/mol. The average Bonchev–Trinajstić information content (AvgIpc) is 2.01. The molecule has 14 heavy (non-hydrogen) atoms. The summed E-state index contributed by atoms with van der Waals surface area (Å²) < 4.78 is 25.9. The monoisotopic (exact) mass is 237 g/mol. The minimum absolute atomic E-state index is 0.190. The molecule has 1 heterocycles. The third-order valence-electron chi connectivity index (χ3n) is 1.69. The Morgan fingerprint density at radius 1 is 1.36 bits per heavy atom. The highest BCUT2D eigenvalue weighted by Gasteiger charge is 2.27. The highest BCUT2D eigenvalue weighted by Crippen LogP contribution is 2.52. The van der Waals surface area contributed by atoms with Gasteiger partial charge < -0.3 is 0 Å². The van der Waals surface area contributed by atoms with Crippen LogP contribution in [0.25, 0.3) is 0 Å². The van der Waals surface area contributed by atoms with Crippen molar-refractivity contribution in [1.82, 2.24) is 4.98 Å². The second-order valence-corrected chi connectivity index (χ2v) is 9.23. The van der Waals surface area contributed by atoms with E-state index in [2.05, 4.69) is 16.6 Å². The summed E-state index contributed by atoms with van der Waals surface area (Å²) in [5, 5.41) is 0.639. The Kier molecular flexibility index (Phi) is 3.11. The van der Waals surface area contributed by atoms with E-state index in [1.807, 2.05) is 12.5 Å². The van der Waals surface area contributed by atoms with Crippen LogP contribution >= 0.6 is 20.7 Å². The molecule has 1 aromatic rings. The Morgan fingerprint density at radius 3 is 2.36 bits per heavy atom. The molecule has 80 valence electrons. The molecule has 1 nitrogen and oxygen atoms in total. The van der Waals surface area contributed by atoms with Gasteiger partial charge >= 0.3 is 0 Å². The van der Waals surface area contributed by atoms with Crippen LogP contribution in [0.1, 0.15) is 12.6 Å². The van der Waals surface area contributed by atoms with Crippen LogP contribution in [-0.4, -0.2) is 17.5 Å². The zero-order chi connectivity index (χ0) is 11.0. The second-order valence-electron chi connectivity index (χ2n) is 3.52. The van der Waals surface area contributed by atoms with Gasteiger partial charge in [-0.1, -0.05) is 6.07 Å². The van der Waals surface area contributed by atoms with Gasteiger partial charge in [0.2, 0.25) is 0 Å². The van der Waals surface area contributed by atoms with Gasteiger partial charge in [-0.2, -0.15) is 17.8 Å². The highest BCUT2D eigenvalue weighted by atomic mass is 33.1. The molecule has 0 N–H and O–H groups in total. The number of nitrogens with zero attached hydrogens (tertiary/aromatic N) is 1. The number of rotatable bonds is 2. The number of halogens is 2. The summed E-state index contributed by atoms with van der Waals surface area (Å²) >= 11 is 4.36. The van der Waals surface area contributed by atoms with E-state index in [0.29, 0.717) is 5.03 Å². The number of hydrogen-bond donors (Lipinski definition) is 1. The van der Waals surface area contributed by atoms with Gasteiger partial charge in [0.1, 0.15) is 5.69 Å². The summed E-state index contributed by atoms with van der Waals surface area (Å²) in [6.07, 6.45) is 3.80. The Balaban J connectivity index is 3.15. The molecule has 0 aromatic carbocycles. The van der Waals surface area contributed by atoms with Gasteiger partial charge in [0.25, 0.3) is 5.92 Å². The van der Waals surface area contributed by atoms with E-state index >= 15 is 0 Å². The van der Waals surface area contributed by atoms with Crippen LogP contribution in [0.15, 0.2) is 23.2 Å². The summed E-state index contributed by atoms with van der Waals surface area (Å²) in [7, 11) is -1.34. The molecule has 0 radical (unpaired) electrons. The molecule has 0 bridgehead atoms. The maximum atomic E-state index is 12.9. The zero-order valence-electron chi connectivity index (χ0n) is 8.29. The largest absolute Gasteiger partial charge is 0.287 e. The van der Waals surface area contributed by atoms with Crippen LogP contribution in [0, 0.1) is 0 Å². The van der Waals surface area contributed by atoms with Crippen LogP contribution < -0.4 is 0 Å². The lowest BCUT2D eigenvalue weighted by molar-refractivity contribution is 0.0122. The number of alkyl halides is 2. The van der Waals surface area contributed by atoms with Crippen molar-refractivity contribution in [2.75, 3.05) is 12.5 Å². The molecule has 5 heteroatoms. The van der Waals surface area contributed by atoms with E-state index in [-0.39, 0.29) is 5.69 Å². The van der Waals surface area contributed by atoms with Crippen LogP contribution in [-0.2, 0) is 5.92 Å². The molecule has 0 aliphatic heterocycles. The fraction of sp³-hybridized carbons (Fsp3) is 0.444. The maximum absolute atomic E-state index is 12.9. The summed E-state index contributed by atoms with van der Waals surface area (Å²) in [6, 6.07) is 4.67. The Hall–Kier alpha value is -0.290. The van der Waals surface area contributed by atoms with Crippen LogP contribution in [0.5, 0.6) is 0 Å². The van der Waals surface area contributed by atoms with Crippen molar-refractivity contribution in [2.24, 2.45) is 0 Å². The lowest BCUT2D eigenvalue weighted by Crippen LogP contribution is -2.10. The van der Waals surface area contributed by atoms with Gasteiger partial charge in [0, 0.05) is 6.92 Å². The van der Waals surface area contributed by atoms with Gasteiger partial charge in [0.05, 0.1) is 5.03 Å². The number of hydrogen-bond acceptors (Lipinski definition) is 2. The minimum atomic E-state index is -2.88. The smallest absolute Gasteiger partial charge is 0.241 e. The first-order valence-corrected chi connectivity index (χ1v) is 7.52. The Labute approximate surface area is 89.1 Å². The first kappa shape index (κ1) is 11.8. The van der Waals surface area contributed by atoms with Crippen LogP contribution in [0.4, 0.5) is 8.78 Å². The van der Waals surface area contributed by atoms with Gasteiger partial charge in [-0.3, -0.25) is 0 Å². The molecule has 0 saturated carbocycles. The normalized spacial score (nSPS) is 14.1. The van der Waals surface area contributed by atoms with E-state index < -0.39 is 15.0 Å². The van der Waals surface area contributed by atoms with Crippen molar-refractivity contribution in [3.05, 3.63) is 23.9 Å². The number of aromatic nitrogens is 1. The lowest BCUT2D eigenvalue weighted by Gasteiger charge is -2.24. The van der Waals surface area contributed by atoms with Gasteiger partial charge in [0.15, 0.2) is 0 Å². The predicted octanol–water partition coefficient (Wildman–Crippen LogP) is 3.46. The van der Waals surface area contributed by atoms with E-state index in [1.54, 1.807) is 12.1 Å². The molecular weight excluding hydrogens is 224 g/mol. The molecule has 0 unspecified atom stereocenters. The second kappa shape index (κ2) is 3.70. The molecule has 0 saturated heterocycles. The van der Waals surface area contributed by atoms with E-state index in [9.17, 15) is 8.78 Å². The van der Waals surface area contributed by atoms with E-state index in [1.165, 1.54) is 6.07 Å². The van der Waals surface area contributed by atoms with Crippen molar-refractivity contribution in [3.8, 4) is 0 Å². The number of thiol groups is 1. The first-order chi connectivity index (χ1) is 6.21. The molecule has 0 aliphatic rings. The number of pyridine rings is 1. The van der Waals surface area contributed by atoms with Crippen molar-refractivity contribution < 1.29 is 8.78 Å². The summed E-state index contributed by atoms with van der Waals surface area (Å²) in [6.45, 7) is 0.847. The van der Waals surface area contributed by atoms with Crippen molar-refractivity contribution in [1.29, 1.82) is 0 Å². The quantitative estimate of drug-likeness (QED) is 0.614. The van der Waals surface area contributed by atoms with Crippen molar-refractivity contribution in [2.45, 2.75) is 17.9 Å². The van der Waals surface area contributed by atoms with E-state index in [0.717, 1.165) is 6.92 Å². The molecule has 1 rings (SSSR count). The third-order valence-corrected chi connectivity index (χ3v) is 3.50. The topological polar surface area (TPSA) is 12.9 Å². The fourth-order valence-corrected chi connectivity index (χ4v) is 1.98. The SMILES string of the molecule is CC(F)(F)c1cccc(S(C)(C)S)n1. The summed E-state index contributed by atoms with van der Waals surface area (Å²) in [4.78, 5) is 3.93. The average molecular weight is 237 g/mol. The van der Waals surface area contributed by atoms with Crippen molar-refractivity contribution >= 4 is 20.7 Å². The van der Waals surface area contributed by atoms with Gasteiger partial charge in [-0.15, -0.1) is 11.7 Å². The Bertz CT molecular complexity index is 299. The highest BCUT2D eigenvalue weighted by molar-refractivity contribution is 8.87. The molecule has 0 atom stereocenters. The maximum Gasteiger partial charge on any atom is 0.287 e.